The zero-order valence-electron chi connectivity index (χ0n) is 8.72. The van der Waals surface area contributed by atoms with Gasteiger partial charge in [-0.2, -0.15) is 22.0 Å². The number of fused-ring (bicyclic) bond motifs is 1. The van der Waals surface area contributed by atoms with Gasteiger partial charge in [0.05, 0.1) is 5.56 Å². The Kier molecular flexibility index (Phi) is 2.41. The molecule has 0 bridgehead atoms. The molecule has 92 valence electrons. The quantitative estimate of drug-likeness (QED) is 0.677. The molecule has 2 rings (SSSR count). The lowest BCUT2D eigenvalue weighted by molar-refractivity contribution is -0.288. The van der Waals surface area contributed by atoms with Crippen LogP contribution in [0.5, 0.6) is 0 Å². The average molecular weight is 249 g/mol. The molecule has 1 heterocycles. The Labute approximate surface area is 93.5 Å². The van der Waals surface area contributed by atoms with Gasteiger partial charge in [-0.05, 0) is 6.07 Å². The first kappa shape index (κ1) is 11.9. The van der Waals surface area contributed by atoms with Crippen molar-refractivity contribution in [3.63, 3.8) is 0 Å². The fourth-order valence-corrected chi connectivity index (χ4v) is 1.74. The molecule has 0 saturated carbocycles. The number of nitrogens with zero attached hydrogens (tertiary/aromatic N) is 1. The summed E-state index contributed by atoms with van der Waals surface area (Å²) in [6.45, 7) is 0. The summed E-state index contributed by atoms with van der Waals surface area (Å²) in [5, 5.41) is -0.0858. The van der Waals surface area contributed by atoms with Crippen LogP contribution in [-0.4, -0.2) is 10.7 Å². The molecule has 1 nitrogen and oxygen atoms in total. The van der Waals surface area contributed by atoms with Gasteiger partial charge in [0.25, 0.3) is 0 Å². The van der Waals surface area contributed by atoms with Crippen LogP contribution in [-0.2, 0) is 13.0 Å². The summed E-state index contributed by atoms with van der Waals surface area (Å²) >= 11 is 0. The SMILES string of the molecule is Cn1cc(C(F)(F)C(F)(F)F)c2ccccc21. The van der Waals surface area contributed by atoms with Gasteiger partial charge in [-0.3, -0.25) is 0 Å². The highest BCUT2D eigenvalue weighted by Crippen LogP contribution is 2.46. The Morgan fingerprint density at radius 1 is 1.00 bits per heavy atom. The number of halogens is 5. The Bertz CT molecular complexity index is 552. The second kappa shape index (κ2) is 3.45. The van der Waals surface area contributed by atoms with Gasteiger partial charge in [0, 0.05) is 24.1 Å². The van der Waals surface area contributed by atoms with Gasteiger partial charge in [-0.25, -0.2) is 0 Å². The molecule has 0 aliphatic rings. The Morgan fingerprint density at radius 2 is 1.59 bits per heavy atom. The first-order valence-corrected chi connectivity index (χ1v) is 4.74. The number of alkyl halides is 5. The molecule has 1 aromatic carbocycles. The molecule has 0 aliphatic heterocycles. The highest BCUT2D eigenvalue weighted by molar-refractivity contribution is 5.84. The van der Waals surface area contributed by atoms with E-state index in [0.717, 1.165) is 6.20 Å². The third-order valence-electron chi connectivity index (χ3n) is 2.59. The number of hydrogen-bond acceptors (Lipinski definition) is 0. The summed E-state index contributed by atoms with van der Waals surface area (Å²) in [6, 6.07) is 5.76. The smallest absolute Gasteiger partial charge is 0.350 e. The summed E-state index contributed by atoms with van der Waals surface area (Å²) in [6.07, 6.45) is -4.77. The second-order valence-corrected chi connectivity index (χ2v) is 3.74. The minimum atomic E-state index is -5.59. The minimum Gasteiger partial charge on any atom is -0.350 e. The molecule has 2 aromatic rings. The van der Waals surface area contributed by atoms with Crippen LogP contribution in [0.1, 0.15) is 5.56 Å². The van der Waals surface area contributed by atoms with E-state index in [2.05, 4.69) is 0 Å². The van der Waals surface area contributed by atoms with Gasteiger partial charge in [0.2, 0.25) is 0 Å². The molecular formula is C11H8F5N. The van der Waals surface area contributed by atoms with Crippen molar-refractivity contribution in [3.05, 3.63) is 36.0 Å². The van der Waals surface area contributed by atoms with Crippen molar-refractivity contribution in [1.82, 2.24) is 4.57 Å². The third-order valence-corrected chi connectivity index (χ3v) is 2.59. The first-order valence-electron chi connectivity index (χ1n) is 4.74. The maximum absolute atomic E-state index is 13.3. The molecule has 0 aliphatic carbocycles. The minimum absolute atomic E-state index is 0.0858. The van der Waals surface area contributed by atoms with Crippen molar-refractivity contribution in [1.29, 1.82) is 0 Å². The van der Waals surface area contributed by atoms with Crippen LogP contribution >= 0.6 is 0 Å². The molecule has 0 N–H and O–H groups in total. The van der Waals surface area contributed by atoms with Gasteiger partial charge < -0.3 is 4.57 Å². The Morgan fingerprint density at radius 3 is 2.18 bits per heavy atom. The van der Waals surface area contributed by atoms with Gasteiger partial charge in [0.1, 0.15) is 0 Å². The summed E-state index contributed by atoms with van der Waals surface area (Å²) in [5.41, 5.74) is -0.672. The lowest BCUT2D eigenvalue weighted by Crippen LogP contribution is -2.33. The average Bonchev–Trinajstić information content (AvgIpc) is 2.56. The molecule has 6 heteroatoms. The van der Waals surface area contributed by atoms with E-state index in [4.69, 9.17) is 0 Å². The topological polar surface area (TPSA) is 4.93 Å². The van der Waals surface area contributed by atoms with Crippen LogP contribution in [0.2, 0.25) is 0 Å². The van der Waals surface area contributed by atoms with Crippen LogP contribution in [0.25, 0.3) is 10.9 Å². The molecule has 0 atom stereocenters. The molecule has 17 heavy (non-hydrogen) atoms. The summed E-state index contributed by atoms with van der Waals surface area (Å²) in [4.78, 5) is 0. The zero-order chi connectivity index (χ0) is 12.8. The lowest BCUT2D eigenvalue weighted by Gasteiger charge is -2.18. The number of para-hydroxylation sites is 1. The second-order valence-electron chi connectivity index (χ2n) is 3.74. The number of aryl methyl sites for hydroxylation is 1. The van der Waals surface area contributed by atoms with E-state index in [1.54, 1.807) is 6.07 Å². The maximum atomic E-state index is 13.3. The van der Waals surface area contributed by atoms with E-state index in [1.807, 2.05) is 0 Å². The molecular weight excluding hydrogens is 241 g/mol. The van der Waals surface area contributed by atoms with Crippen molar-refractivity contribution in [2.75, 3.05) is 0 Å². The summed E-state index contributed by atoms with van der Waals surface area (Å²) < 4.78 is 64.7. The van der Waals surface area contributed by atoms with E-state index in [1.165, 1.54) is 29.8 Å². The normalized spacial score (nSPS) is 13.3. The molecule has 0 spiro atoms. The predicted octanol–water partition coefficient (Wildman–Crippen LogP) is 3.83. The van der Waals surface area contributed by atoms with Crippen molar-refractivity contribution in [2.24, 2.45) is 7.05 Å². The van der Waals surface area contributed by atoms with E-state index in [0.29, 0.717) is 5.52 Å². The third kappa shape index (κ3) is 1.67. The van der Waals surface area contributed by atoms with Crippen LogP contribution < -0.4 is 0 Å². The lowest BCUT2D eigenvalue weighted by atomic mass is 10.1. The highest BCUT2D eigenvalue weighted by Gasteiger charge is 2.59. The van der Waals surface area contributed by atoms with E-state index >= 15 is 0 Å². The fourth-order valence-electron chi connectivity index (χ4n) is 1.74. The number of benzene rings is 1. The molecule has 0 saturated heterocycles. The van der Waals surface area contributed by atoms with Crippen molar-refractivity contribution < 1.29 is 22.0 Å². The molecule has 0 amide bonds. The van der Waals surface area contributed by atoms with Gasteiger partial charge in [-0.1, -0.05) is 18.2 Å². The van der Waals surface area contributed by atoms with E-state index in [9.17, 15) is 22.0 Å². The monoisotopic (exact) mass is 249 g/mol. The van der Waals surface area contributed by atoms with Gasteiger partial charge in [0.15, 0.2) is 0 Å². The van der Waals surface area contributed by atoms with Crippen molar-refractivity contribution in [3.8, 4) is 0 Å². The fraction of sp³-hybridized carbons (Fsp3) is 0.273. The number of hydrogen-bond donors (Lipinski definition) is 0. The Hall–Kier alpha value is -1.59. The van der Waals surface area contributed by atoms with Crippen LogP contribution in [0.3, 0.4) is 0 Å². The van der Waals surface area contributed by atoms with Gasteiger partial charge in [-0.15, -0.1) is 0 Å². The molecule has 1 aromatic heterocycles. The van der Waals surface area contributed by atoms with Crippen molar-refractivity contribution >= 4 is 10.9 Å². The molecule has 0 radical (unpaired) electrons. The predicted molar refractivity (Wildman–Crippen MR) is 52.9 cm³/mol. The zero-order valence-corrected chi connectivity index (χ0v) is 8.72. The largest absolute Gasteiger partial charge is 0.458 e. The highest BCUT2D eigenvalue weighted by atomic mass is 19.4. The summed E-state index contributed by atoms with van der Waals surface area (Å²) in [5.74, 6) is -4.84. The van der Waals surface area contributed by atoms with Crippen LogP contribution in [0.4, 0.5) is 22.0 Å². The van der Waals surface area contributed by atoms with E-state index < -0.39 is 17.7 Å². The van der Waals surface area contributed by atoms with Crippen LogP contribution in [0.15, 0.2) is 30.5 Å². The Balaban J connectivity index is 2.72. The first-order chi connectivity index (χ1) is 7.75. The maximum Gasteiger partial charge on any atom is 0.458 e. The number of rotatable bonds is 1. The van der Waals surface area contributed by atoms with E-state index in [-0.39, 0.29) is 5.39 Å². The van der Waals surface area contributed by atoms with Crippen LogP contribution in [0, 0.1) is 0 Å². The van der Waals surface area contributed by atoms with Gasteiger partial charge >= 0.3 is 12.1 Å². The summed E-state index contributed by atoms with van der Waals surface area (Å²) in [7, 11) is 1.43. The molecule has 0 unspecified atom stereocenters. The molecule has 0 fully saturated rings. The van der Waals surface area contributed by atoms with Crippen molar-refractivity contribution in [2.45, 2.75) is 12.1 Å². The standard InChI is InChI=1S/C11H8F5N/c1-17-6-8(10(12,13)11(14,15)16)7-4-2-3-5-9(7)17/h2-6H,1H3. The number of aromatic nitrogens is 1.